The van der Waals surface area contributed by atoms with Crippen LogP contribution in [0.4, 0.5) is 0 Å². The fraction of sp³-hybridized carbons (Fsp3) is 0.529. The minimum Gasteiger partial charge on any atom is -0.497 e. The summed E-state index contributed by atoms with van der Waals surface area (Å²) in [5, 5.41) is 4.76. The molecular weight excluding hydrogens is 278 g/mol. The number of nitrogens with zero attached hydrogens (tertiary/aromatic N) is 1. The lowest BCUT2D eigenvalue weighted by atomic mass is 10.1. The van der Waals surface area contributed by atoms with Crippen molar-refractivity contribution < 1.29 is 9.47 Å². The number of hydrogen-bond donors (Lipinski definition) is 2. The fourth-order valence-electron chi connectivity index (χ4n) is 3.09. The molecule has 3 rings (SSSR count). The van der Waals surface area contributed by atoms with E-state index in [2.05, 4.69) is 28.3 Å². The topological polar surface area (TPSA) is 49.5 Å². The maximum absolute atomic E-state index is 5.46. The van der Waals surface area contributed by atoms with Gasteiger partial charge >= 0.3 is 0 Å². The molecule has 0 saturated carbocycles. The Hall–Kier alpha value is -1.72. The summed E-state index contributed by atoms with van der Waals surface area (Å²) in [5.41, 5.74) is 2.23. The van der Waals surface area contributed by atoms with Gasteiger partial charge in [-0.05, 0) is 39.0 Å². The van der Waals surface area contributed by atoms with E-state index in [0.29, 0.717) is 6.04 Å². The van der Waals surface area contributed by atoms with Crippen molar-refractivity contribution in [3.8, 4) is 11.5 Å². The number of methoxy groups -OCH3 is 2. The van der Waals surface area contributed by atoms with Gasteiger partial charge in [0, 0.05) is 35.8 Å². The molecule has 1 aromatic heterocycles. The average Bonchev–Trinajstić information content (AvgIpc) is 2.96. The molecule has 1 fully saturated rings. The Bertz CT molecular complexity index is 630. The van der Waals surface area contributed by atoms with E-state index in [1.54, 1.807) is 14.2 Å². The molecule has 0 radical (unpaired) electrons. The Morgan fingerprint density at radius 2 is 1.95 bits per heavy atom. The average molecular weight is 303 g/mol. The van der Waals surface area contributed by atoms with Crippen LogP contribution < -0.4 is 14.8 Å². The van der Waals surface area contributed by atoms with Gasteiger partial charge in [0.1, 0.15) is 11.5 Å². The van der Waals surface area contributed by atoms with Crippen LogP contribution in [0.5, 0.6) is 11.5 Å². The molecule has 0 amide bonds. The van der Waals surface area contributed by atoms with Crippen molar-refractivity contribution in [3.05, 3.63) is 23.9 Å². The lowest BCUT2D eigenvalue weighted by molar-refractivity contribution is 0.234. The van der Waals surface area contributed by atoms with Gasteiger partial charge in [0.25, 0.3) is 0 Å². The van der Waals surface area contributed by atoms with Crippen LogP contribution in [-0.2, 0) is 6.54 Å². The summed E-state index contributed by atoms with van der Waals surface area (Å²) < 4.78 is 10.8. The molecule has 0 aliphatic carbocycles. The molecule has 2 heterocycles. The number of nitrogens with one attached hydrogen (secondary N) is 2. The van der Waals surface area contributed by atoms with Crippen molar-refractivity contribution in [2.45, 2.75) is 25.4 Å². The van der Waals surface area contributed by atoms with Crippen molar-refractivity contribution in [2.75, 3.05) is 34.4 Å². The van der Waals surface area contributed by atoms with Gasteiger partial charge in [0.2, 0.25) is 0 Å². The largest absolute Gasteiger partial charge is 0.497 e. The van der Waals surface area contributed by atoms with Gasteiger partial charge in [-0.25, -0.2) is 0 Å². The van der Waals surface area contributed by atoms with E-state index in [-0.39, 0.29) is 0 Å². The predicted octanol–water partition coefficient (Wildman–Crippen LogP) is 2.37. The van der Waals surface area contributed by atoms with Crippen LogP contribution in [0, 0.1) is 0 Å². The molecule has 1 aromatic carbocycles. The normalized spacial score (nSPS) is 17.0. The van der Waals surface area contributed by atoms with Gasteiger partial charge in [0.15, 0.2) is 0 Å². The zero-order valence-corrected chi connectivity index (χ0v) is 13.6. The third-order valence-electron chi connectivity index (χ3n) is 4.48. The molecule has 22 heavy (non-hydrogen) atoms. The molecule has 0 unspecified atom stereocenters. The van der Waals surface area contributed by atoms with Gasteiger partial charge < -0.3 is 24.7 Å². The number of aromatic amines is 1. The van der Waals surface area contributed by atoms with Crippen molar-refractivity contribution in [2.24, 2.45) is 0 Å². The van der Waals surface area contributed by atoms with E-state index in [4.69, 9.17) is 9.47 Å². The van der Waals surface area contributed by atoms with Gasteiger partial charge in [-0.3, -0.25) is 0 Å². The highest BCUT2D eigenvalue weighted by molar-refractivity contribution is 5.88. The number of H-pyrrole nitrogens is 1. The monoisotopic (exact) mass is 303 g/mol. The quantitative estimate of drug-likeness (QED) is 0.890. The Labute approximate surface area is 131 Å². The van der Waals surface area contributed by atoms with Crippen LogP contribution in [0.25, 0.3) is 10.9 Å². The maximum atomic E-state index is 5.46. The molecule has 1 aliphatic rings. The number of likely N-dealkylation sites (tertiary alicyclic amines) is 1. The summed E-state index contributed by atoms with van der Waals surface area (Å²) in [6.07, 6.45) is 2.43. The van der Waals surface area contributed by atoms with Crippen LogP contribution in [0.2, 0.25) is 0 Å². The Morgan fingerprint density at radius 3 is 2.64 bits per heavy atom. The third-order valence-corrected chi connectivity index (χ3v) is 4.48. The maximum Gasteiger partial charge on any atom is 0.131 e. The standard InChI is InChI=1S/C17H25N3O2/c1-20-6-4-12(5-7-20)18-11-13-8-15-16(19-13)9-14(21-2)10-17(15)22-3/h8-10,12,18-19H,4-7,11H2,1-3H3. The molecule has 0 bridgehead atoms. The highest BCUT2D eigenvalue weighted by Crippen LogP contribution is 2.31. The summed E-state index contributed by atoms with van der Waals surface area (Å²) in [4.78, 5) is 5.85. The van der Waals surface area contributed by atoms with Crippen molar-refractivity contribution in [1.29, 1.82) is 0 Å². The molecule has 5 heteroatoms. The van der Waals surface area contributed by atoms with E-state index in [1.165, 1.54) is 31.6 Å². The lowest BCUT2D eigenvalue weighted by Gasteiger charge is -2.29. The molecule has 120 valence electrons. The molecule has 0 atom stereocenters. The van der Waals surface area contributed by atoms with Gasteiger partial charge in [-0.2, -0.15) is 0 Å². The summed E-state index contributed by atoms with van der Waals surface area (Å²) in [7, 11) is 5.55. The smallest absolute Gasteiger partial charge is 0.131 e. The zero-order chi connectivity index (χ0) is 15.5. The van der Waals surface area contributed by atoms with Gasteiger partial charge in [-0.1, -0.05) is 0 Å². The second-order valence-electron chi connectivity index (χ2n) is 6.04. The Balaban J connectivity index is 1.72. The molecule has 5 nitrogen and oxygen atoms in total. The lowest BCUT2D eigenvalue weighted by Crippen LogP contribution is -2.40. The second-order valence-corrected chi connectivity index (χ2v) is 6.04. The van der Waals surface area contributed by atoms with Crippen LogP contribution in [0.1, 0.15) is 18.5 Å². The number of aromatic nitrogens is 1. The van der Waals surface area contributed by atoms with Crippen LogP contribution in [0.15, 0.2) is 18.2 Å². The summed E-state index contributed by atoms with van der Waals surface area (Å²) in [6.45, 7) is 3.21. The summed E-state index contributed by atoms with van der Waals surface area (Å²) in [5.74, 6) is 1.65. The van der Waals surface area contributed by atoms with Gasteiger partial charge in [0.05, 0.1) is 19.7 Å². The number of ether oxygens (including phenoxy) is 2. The fourth-order valence-corrected chi connectivity index (χ4v) is 3.09. The van der Waals surface area contributed by atoms with Crippen LogP contribution >= 0.6 is 0 Å². The SMILES string of the molecule is COc1cc(OC)c2cc(CNC3CCN(C)CC3)[nH]c2c1. The molecule has 1 aliphatic heterocycles. The minimum absolute atomic E-state index is 0.610. The summed E-state index contributed by atoms with van der Waals surface area (Å²) >= 11 is 0. The predicted molar refractivity (Wildman–Crippen MR) is 88.8 cm³/mol. The van der Waals surface area contributed by atoms with E-state index >= 15 is 0 Å². The Morgan fingerprint density at radius 1 is 1.18 bits per heavy atom. The zero-order valence-electron chi connectivity index (χ0n) is 13.6. The van der Waals surface area contributed by atoms with Gasteiger partial charge in [-0.15, -0.1) is 0 Å². The molecule has 2 N–H and O–H groups in total. The van der Waals surface area contributed by atoms with Crippen molar-refractivity contribution >= 4 is 10.9 Å². The minimum atomic E-state index is 0.610. The number of hydrogen-bond acceptors (Lipinski definition) is 4. The first-order valence-electron chi connectivity index (χ1n) is 7.85. The molecular formula is C17H25N3O2. The number of rotatable bonds is 5. The van der Waals surface area contributed by atoms with E-state index < -0.39 is 0 Å². The highest BCUT2D eigenvalue weighted by Gasteiger charge is 2.16. The van der Waals surface area contributed by atoms with E-state index in [9.17, 15) is 0 Å². The summed E-state index contributed by atoms with van der Waals surface area (Å²) in [6, 6.07) is 6.70. The third kappa shape index (κ3) is 3.20. The second kappa shape index (κ2) is 6.58. The highest BCUT2D eigenvalue weighted by atomic mass is 16.5. The molecule has 0 spiro atoms. The first kappa shape index (κ1) is 15.2. The molecule has 1 saturated heterocycles. The first-order chi connectivity index (χ1) is 10.7. The number of piperidine rings is 1. The Kier molecular flexibility index (Phi) is 4.55. The van der Waals surface area contributed by atoms with E-state index in [0.717, 1.165) is 28.9 Å². The first-order valence-corrected chi connectivity index (χ1v) is 7.85. The van der Waals surface area contributed by atoms with Crippen molar-refractivity contribution in [1.82, 2.24) is 15.2 Å². The number of benzene rings is 1. The van der Waals surface area contributed by atoms with Crippen molar-refractivity contribution in [3.63, 3.8) is 0 Å². The van der Waals surface area contributed by atoms with Crippen LogP contribution in [-0.4, -0.2) is 50.3 Å². The van der Waals surface area contributed by atoms with Crippen LogP contribution in [0.3, 0.4) is 0 Å². The molecule has 2 aromatic rings. The number of fused-ring (bicyclic) bond motifs is 1. The van der Waals surface area contributed by atoms with E-state index in [1.807, 2.05) is 12.1 Å².